The molecule has 0 aliphatic heterocycles. The first-order chi connectivity index (χ1) is 12.3. The molecule has 126 valence electrons. The second kappa shape index (κ2) is 9.35. The van der Waals surface area contributed by atoms with E-state index in [1.54, 1.807) is 11.8 Å². The molecule has 0 saturated heterocycles. The second-order valence-electron chi connectivity index (χ2n) is 5.45. The van der Waals surface area contributed by atoms with Crippen molar-refractivity contribution in [3.63, 3.8) is 0 Å². The van der Waals surface area contributed by atoms with Crippen LogP contribution in [0.4, 0.5) is 5.69 Å². The summed E-state index contributed by atoms with van der Waals surface area (Å²) < 4.78 is 0. The van der Waals surface area contributed by atoms with E-state index in [2.05, 4.69) is 41.7 Å². The molecule has 0 radical (unpaired) electrons. The Morgan fingerprint density at radius 3 is 1.88 bits per heavy atom. The number of benzene rings is 3. The molecule has 0 aliphatic rings. The van der Waals surface area contributed by atoms with Crippen molar-refractivity contribution in [3.05, 3.63) is 90.5 Å². The highest BCUT2D eigenvalue weighted by Gasteiger charge is 2.04. The molecule has 0 aromatic heterocycles. The Labute approximate surface area is 157 Å². The van der Waals surface area contributed by atoms with Gasteiger partial charge in [-0.05, 0) is 42.0 Å². The first kappa shape index (κ1) is 17.6. The lowest BCUT2D eigenvalue weighted by atomic mass is 10.2. The zero-order valence-corrected chi connectivity index (χ0v) is 15.4. The van der Waals surface area contributed by atoms with E-state index < -0.39 is 0 Å². The number of nitrogens with one attached hydrogen (secondary N) is 1. The van der Waals surface area contributed by atoms with Gasteiger partial charge in [-0.1, -0.05) is 48.5 Å². The molecule has 1 amide bonds. The van der Waals surface area contributed by atoms with E-state index in [1.807, 2.05) is 60.3 Å². The summed E-state index contributed by atoms with van der Waals surface area (Å²) >= 11 is 3.35. The van der Waals surface area contributed by atoms with Crippen LogP contribution in [-0.4, -0.2) is 11.7 Å². The van der Waals surface area contributed by atoms with Crippen LogP contribution >= 0.6 is 23.5 Å². The summed E-state index contributed by atoms with van der Waals surface area (Å²) in [5.74, 6) is 1.35. The largest absolute Gasteiger partial charge is 0.325 e. The van der Waals surface area contributed by atoms with Gasteiger partial charge in [-0.3, -0.25) is 4.79 Å². The second-order valence-corrected chi connectivity index (χ2v) is 7.55. The summed E-state index contributed by atoms with van der Waals surface area (Å²) in [6, 6.07) is 28.4. The fourth-order valence-electron chi connectivity index (χ4n) is 2.23. The Kier molecular flexibility index (Phi) is 6.60. The van der Waals surface area contributed by atoms with Gasteiger partial charge in [0.05, 0.1) is 5.75 Å². The number of carbonyl (C=O) groups is 1. The average Bonchev–Trinajstić information content (AvgIpc) is 2.67. The molecule has 25 heavy (non-hydrogen) atoms. The normalized spacial score (nSPS) is 10.4. The molecule has 3 aromatic carbocycles. The van der Waals surface area contributed by atoms with Gasteiger partial charge in [-0.25, -0.2) is 0 Å². The maximum atomic E-state index is 12.0. The van der Waals surface area contributed by atoms with E-state index in [1.165, 1.54) is 10.5 Å². The van der Waals surface area contributed by atoms with E-state index in [4.69, 9.17) is 0 Å². The number of carbonyl (C=O) groups excluding carboxylic acids is 1. The van der Waals surface area contributed by atoms with Crippen molar-refractivity contribution < 1.29 is 4.79 Å². The molecular weight excluding hydrogens is 346 g/mol. The Hall–Kier alpha value is -2.17. The van der Waals surface area contributed by atoms with Crippen LogP contribution in [0.3, 0.4) is 0 Å². The molecule has 0 unspecified atom stereocenters. The lowest BCUT2D eigenvalue weighted by molar-refractivity contribution is -0.113. The van der Waals surface area contributed by atoms with Gasteiger partial charge in [-0.15, -0.1) is 23.5 Å². The van der Waals surface area contributed by atoms with Crippen LogP contribution in [0.15, 0.2) is 94.7 Å². The first-order valence-electron chi connectivity index (χ1n) is 8.04. The molecule has 0 heterocycles. The lowest BCUT2D eigenvalue weighted by Gasteiger charge is -2.07. The first-order valence-corrected chi connectivity index (χ1v) is 10.0. The minimum atomic E-state index is 0.0141. The van der Waals surface area contributed by atoms with Crippen LogP contribution in [0.5, 0.6) is 0 Å². The summed E-state index contributed by atoms with van der Waals surface area (Å²) in [5.41, 5.74) is 2.08. The van der Waals surface area contributed by atoms with E-state index in [9.17, 15) is 4.79 Å². The minimum Gasteiger partial charge on any atom is -0.325 e. The zero-order valence-electron chi connectivity index (χ0n) is 13.7. The molecule has 0 atom stereocenters. The third kappa shape index (κ3) is 6.00. The van der Waals surface area contributed by atoms with Crippen molar-refractivity contribution in [2.75, 3.05) is 11.1 Å². The Morgan fingerprint density at radius 2 is 1.28 bits per heavy atom. The molecule has 0 fully saturated rings. The van der Waals surface area contributed by atoms with Crippen molar-refractivity contribution in [3.8, 4) is 0 Å². The summed E-state index contributed by atoms with van der Waals surface area (Å²) in [6.45, 7) is 0. The fraction of sp³-hybridized carbons (Fsp3) is 0.0952. The van der Waals surface area contributed by atoms with E-state index in [-0.39, 0.29) is 5.91 Å². The fourth-order valence-corrected chi connectivity index (χ4v) is 3.83. The molecule has 2 nitrogen and oxygen atoms in total. The van der Waals surface area contributed by atoms with Crippen LogP contribution in [0.2, 0.25) is 0 Å². The Bertz CT molecular complexity index is 789. The molecule has 1 N–H and O–H groups in total. The number of rotatable bonds is 7. The van der Waals surface area contributed by atoms with Crippen LogP contribution in [0.1, 0.15) is 5.56 Å². The van der Waals surface area contributed by atoms with Gasteiger partial charge in [0.1, 0.15) is 0 Å². The van der Waals surface area contributed by atoms with Gasteiger partial charge in [-0.2, -0.15) is 0 Å². The molecule has 4 heteroatoms. The number of anilines is 1. The Morgan fingerprint density at radius 1 is 0.720 bits per heavy atom. The smallest absolute Gasteiger partial charge is 0.234 e. The third-order valence-corrected chi connectivity index (χ3v) is 5.59. The number of hydrogen-bond acceptors (Lipinski definition) is 3. The van der Waals surface area contributed by atoms with Gasteiger partial charge in [0.15, 0.2) is 0 Å². The van der Waals surface area contributed by atoms with Crippen molar-refractivity contribution >= 4 is 35.1 Å². The predicted molar refractivity (Wildman–Crippen MR) is 108 cm³/mol. The maximum Gasteiger partial charge on any atom is 0.234 e. The molecule has 0 saturated carbocycles. The van der Waals surface area contributed by atoms with Gasteiger partial charge >= 0.3 is 0 Å². The van der Waals surface area contributed by atoms with Crippen LogP contribution in [0, 0.1) is 0 Å². The summed E-state index contributed by atoms with van der Waals surface area (Å²) in [7, 11) is 0. The molecule has 0 bridgehead atoms. The maximum absolute atomic E-state index is 12.0. The molecule has 3 aromatic rings. The number of amides is 1. The topological polar surface area (TPSA) is 29.1 Å². The zero-order chi connectivity index (χ0) is 17.3. The quantitative estimate of drug-likeness (QED) is 0.544. The van der Waals surface area contributed by atoms with Gasteiger partial charge in [0.2, 0.25) is 5.91 Å². The van der Waals surface area contributed by atoms with E-state index >= 15 is 0 Å². The molecule has 3 rings (SSSR count). The highest BCUT2D eigenvalue weighted by Crippen LogP contribution is 2.23. The monoisotopic (exact) mass is 365 g/mol. The number of hydrogen-bond donors (Lipinski definition) is 1. The van der Waals surface area contributed by atoms with Crippen LogP contribution < -0.4 is 5.32 Å². The minimum absolute atomic E-state index is 0.0141. The van der Waals surface area contributed by atoms with Gasteiger partial charge in [0, 0.05) is 21.2 Å². The summed E-state index contributed by atoms with van der Waals surface area (Å²) in [5, 5.41) is 2.95. The van der Waals surface area contributed by atoms with Gasteiger partial charge < -0.3 is 5.32 Å². The van der Waals surface area contributed by atoms with Crippen molar-refractivity contribution in [1.82, 2.24) is 0 Å². The van der Waals surface area contributed by atoms with E-state index in [0.717, 1.165) is 16.3 Å². The highest BCUT2D eigenvalue weighted by atomic mass is 32.2. The van der Waals surface area contributed by atoms with Crippen molar-refractivity contribution in [2.24, 2.45) is 0 Å². The van der Waals surface area contributed by atoms with Crippen LogP contribution in [-0.2, 0) is 10.5 Å². The van der Waals surface area contributed by atoms with Crippen molar-refractivity contribution in [1.29, 1.82) is 0 Å². The molecule has 0 spiro atoms. The van der Waals surface area contributed by atoms with E-state index in [0.29, 0.717) is 5.75 Å². The highest BCUT2D eigenvalue weighted by molar-refractivity contribution is 8.00. The average molecular weight is 366 g/mol. The molecular formula is C21H19NOS2. The van der Waals surface area contributed by atoms with Crippen molar-refractivity contribution in [2.45, 2.75) is 15.5 Å². The Balaban J connectivity index is 1.46. The molecule has 0 aliphatic carbocycles. The third-order valence-electron chi connectivity index (χ3n) is 3.50. The number of thioether (sulfide) groups is 2. The summed E-state index contributed by atoms with van der Waals surface area (Å²) in [6.07, 6.45) is 0. The summed E-state index contributed by atoms with van der Waals surface area (Å²) in [4.78, 5) is 14.4. The SMILES string of the molecule is O=C(CSc1ccccc1)Nc1ccc(CSc2ccccc2)cc1. The van der Waals surface area contributed by atoms with Gasteiger partial charge in [0.25, 0.3) is 0 Å². The lowest BCUT2D eigenvalue weighted by Crippen LogP contribution is -2.13. The predicted octanol–water partition coefficient (Wildman–Crippen LogP) is 5.71. The van der Waals surface area contributed by atoms with Crippen LogP contribution in [0.25, 0.3) is 0 Å². The standard InChI is InChI=1S/C21H19NOS2/c23-21(16-25-20-9-5-2-6-10-20)22-18-13-11-17(12-14-18)15-24-19-7-3-1-4-8-19/h1-14H,15-16H2,(H,22,23).